The molecule has 1 aliphatic rings. The Morgan fingerprint density at radius 1 is 1.32 bits per heavy atom. The molecule has 0 bridgehead atoms. The molecule has 4 rings (SSSR count). The van der Waals surface area contributed by atoms with Crippen LogP contribution >= 0.6 is 0 Å². The zero-order valence-electron chi connectivity index (χ0n) is 14.5. The van der Waals surface area contributed by atoms with Gasteiger partial charge in [0.2, 0.25) is 5.91 Å². The van der Waals surface area contributed by atoms with Gasteiger partial charge in [-0.25, -0.2) is 0 Å². The molecule has 1 atom stereocenters. The third-order valence-electron chi connectivity index (χ3n) is 5.15. The van der Waals surface area contributed by atoms with Gasteiger partial charge in [-0.3, -0.25) is 4.79 Å². The van der Waals surface area contributed by atoms with Crippen molar-refractivity contribution in [3.05, 3.63) is 48.2 Å². The van der Waals surface area contributed by atoms with Crippen molar-refractivity contribution in [2.75, 3.05) is 6.54 Å². The summed E-state index contributed by atoms with van der Waals surface area (Å²) >= 11 is 0. The van der Waals surface area contributed by atoms with Gasteiger partial charge in [0, 0.05) is 37.1 Å². The molecule has 25 heavy (non-hydrogen) atoms. The van der Waals surface area contributed by atoms with Crippen molar-refractivity contribution in [1.29, 1.82) is 0 Å². The molecule has 0 saturated carbocycles. The Morgan fingerprint density at radius 2 is 2.20 bits per heavy atom. The topological polar surface area (TPSA) is 66.8 Å². The summed E-state index contributed by atoms with van der Waals surface area (Å²) in [6.45, 7) is 0.810. The van der Waals surface area contributed by atoms with Crippen molar-refractivity contribution in [2.45, 2.75) is 38.1 Å². The summed E-state index contributed by atoms with van der Waals surface area (Å²) in [4.78, 5) is 18.2. The maximum Gasteiger partial charge on any atom is 0.223 e. The highest BCUT2D eigenvalue weighted by Gasteiger charge is 2.30. The van der Waals surface area contributed by atoms with E-state index in [4.69, 9.17) is 0 Å². The van der Waals surface area contributed by atoms with Gasteiger partial charge in [0.15, 0.2) is 5.82 Å². The van der Waals surface area contributed by atoms with E-state index in [0.717, 1.165) is 43.6 Å². The fourth-order valence-corrected chi connectivity index (χ4v) is 3.82. The lowest BCUT2D eigenvalue weighted by Gasteiger charge is -2.35. The van der Waals surface area contributed by atoms with E-state index in [-0.39, 0.29) is 11.9 Å². The van der Waals surface area contributed by atoms with Crippen LogP contribution in [0.3, 0.4) is 0 Å². The van der Waals surface area contributed by atoms with Crippen LogP contribution in [0.2, 0.25) is 0 Å². The zero-order chi connectivity index (χ0) is 17.2. The third kappa shape index (κ3) is 3.04. The monoisotopic (exact) mass is 337 g/mol. The molecule has 1 aliphatic heterocycles. The molecule has 1 saturated heterocycles. The molecule has 0 radical (unpaired) electrons. The van der Waals surface area contributed by atoms with Crippen LogP contribution in [-0.2, 0) is 18.3 Å². The molecule has 0 spiro atoms. The van der Waals surface area contributed by atoms with Crippen molar-refractivity contribution >= 4 is 16.8 Å². The molecule has 1 N–H and O–H groups in total. The Bertz CT molecular complexity index is 881. The summed E-state index contributed by atoms with van der Waals surface area (Å²) in [5, 5.41) is 9.43. The van der Waals surface area contributed by atoms with Crippen molar-refractivity contribution in [3.8, 4) is 0 Å². The number of H-pyrrole nitrogens is 1. The molecule has 3 heterocycles. The Labute approximate surface area is 146 Å². The minimum atomic E-state index is 0.0525. The second-order valence-corrected chi connectivity index (χ2v) is 6.76. The molecule has 1 aromatic carbocycles. The van der Waals surface area contributed by atoms with Gasteiger partial charge in [0.1, 0.15) is 6.33 Å². The van der Waals surface area contributed by atoms with Crippen LogP contribution in [0, 0.1) is 0 Å². The third-order valence-corrected chi connectivity index (χ3v) is 5.15. The number of para-hydroxylation sites is 1. The number of nitrogens with one attached hydrogen (secondary N) is 1. The lowest BCUT2D eigenvalue weighted by molar-refractivity contribution is -0.135. The van der Waals surface area contributed by atoms with Gasteiger partial charge in [0.05, 0.1) is 6.04 Å². The summed E-state index contributed by atoms with van der Waals surface area (Å²) in [6, 6.07) is 8.28. The maximum absolute atomic E-state index is 12.9. The summed E-state index contributed by atoms with van der Waals surface area (Å²) in [7, 11) is 1.94. The number of aromatic amines is 1. The molecular formula is C19H23N5O. The Kier molecular flexibility index (Phi) is 4.26. The number of carbonyl (C=O) groups excluding carboxylic acids is 1. The number of amides is 1. The van der Waals surface area contributed by atoms with E-state index < -0.39 is 0 Å². The second kappa shape index (κ2) is 6.70. The van der Waals surface area contributed by atoms with Crippen LogP contribution in [0.25, 0.3) is 10.9 Å². The first kappa shape index (κ1) is 15.9. The van der Waals surface area contributed by atoms with Crippen LogP contribution in [0.1, 0.15) is 43.1 Å². The van der Waals surface area contributed by atoms with E-state index in [1.165, 1.54) is 10.9 Å². The number of hydrogen-bond donors (Lipinski definition) is 1. The fraction of sp³-hybridized carbons (Fsp3) is 0.421. The maximum atomic E-state index is 12.9. The van der Waals surface area contributed by atoms with E-state index in [9.17, 15) is 4.79 Å². The molecule has 6 heteroatoms. The highest BCUT2D eigenvalue weighted by Crippen LogP contribution is 2.30. The Morgan fingerprint density at radius 3 is 3.04 bits per heavy atom. The van der Waals surface area contributed by atoms with Gasteiger partial charge in [-0.1, -0.05) is 18.2 Å². The van der Waals surface area contributed by atoms with Crippen LogP contribution < -0.4 is 0 Å². The van der Waals surface area contributed by atoms with Crippen LogP contribution in [-0.4, -0.2) is 37.1 Å². The quantitative estimate of drug-likeness (QED) is 0.796. The molecule has 130 valence electrons. The normalized spacial score (nSPS) is 18.0. The van der Waals surface area contributed by atoms with Crippen molar-refractivity contribution in [2.24, 2.45) is 7.05 Å². The van der Waals surface area contributed by atoms with Crippen molar-refractivity contribution in [3.63, 3.8) is 0 Å². The second-order valence-electron chi connectivity index (χ2n) is 6.76. The smallest absolute Gasteiger partial charge is 0.223 e. The first-order valence-corrected chi connectivity index (χ1v) is 8.92. The largest absolute Gasteiger partial charge is 0.361 e. The SMILES string of the molecule is Cn1cnnc1C1CCCCN1C(=O)CCc1c[nH]c2ccccc12. The molecule has 1 amide bonds. The lowest BCUT2D eigenvalue weighted by atomic mass is 10.00. The summed E-state index contributed by atoms with van der Waals surface area (Å²) < 4.78 is 1.93. The number of carbonyl (C=O) groups is 1. The number of nitrogens with zero attached hydrogens (tertiary/aromatic N) is 4. The van der Waals surface area contributed by atoms with Gasteiger partial charge in [-0.15, -0.1) is 10.2 Å². The number of rotatable bonds is 4. The molecular weight excluding hydrogens is 314 g/mol. The molecule has 2 aromatic heterocycles. The Balaban J connectivity index is 1.48. The predicted octanol–water partition coefficient (Wildman–Crippen LogP) is 2.98. The summed E-state index contributed by atoms with van der Waals surface area (Å²) in [6.07, 6.45) is 8.16. The highest BCUT2D eigenvalue weighted by atomic mass is 16.2. The number of likely N-dealkylation sites (tertiary alicyclic amines) is 1. The van der Waals surface area contributed by atoms with E-state index >= 15 is 0 Å². The van der Waals surface area contributed by atoms with Crippen molar-refractivity contribution in [1.82, 2.24) is 24.6 Å². The standard InChI is InChI=1S/C19H23N5O/c1-23-13-21-22-19(23)17-8-4-5-11-24(17)18(25)10-9-14-12-20-16-7-3-2-6-15(14)16/h2-3,6-7,12-13,17,20H,4-5,8-11H2,1H3. The molecule has 6 nitrogen and oxygen atoms in total. The molecule has 0 aliphatic carbocycles. The number of aryl methyl sites for hydroxylation is 2. The van der Waals surface area contributed by atoms with Crippen LogP contribution in [0.15, 0.2) is 36.8 Å². The molecule has 1 fully saturated rings. The van der Waals surface area contributed by atoms with Crippen LogP contribution in [0.4, 0.5) is 0 Å². The van der Waals surface area contributed by atoms with Gasteiger partial charge in [0.25, 0.3) is 0 Å². The van der Waals surface area contributed by atoms with Crippen molar-refractivity contribution < 1.29 is 4.79 Å². The van der Waals surface area contributed by atoms with Gasteiger partial charge in [-0.05, 0) is 37.3 Å². The summed E-state index contributed by atoms with van der Waals surface area (Å²) in [5.41, 5.74) is 2.33. The molecule has 3 aromatic rings. The number of piperidine rings is 1. The van der Waals surface area contributed by atoms with Gasteiger partial charge < -0.3 is 14.5 Å². The van der Waals surface area contributed by atoms with Crippen LogP contribution in [0.5, 0.6) is 0 Å². The lowest BCUT2D eigenvalue weighted by Crippen LogP contribution is -2.39. The Hall–Kier alpha value is -2.63. The van der Waals surface area contributed by atoms with E-state index in [0.29, 0.717) is 6.42 Å². The van der Waals surface area contributed by atoms with E-state index in [1.807, 2.05) is 34.8 Å². The van der Waals surface area contributed by atoms with E-state index in [1.54, 1.807) is 6.33 Å². The molecule has 1 unspecified atom stereocenters. The average Bonchev–Trinajstić information content (AvgIpc) is 3.26. The minimum absolute atomic E-state index is 0.0525. The average molecular weight is 337 g/mol. The summed E-state index contributed by atoms with van der Waals surface area (Å²) in [5.74, 6) is 1.10. The number of hydrogen-bond acceptors (Lipinski definition) is 3. The number of aromatic nitrogens is 4. The van der Waals surface area contributed by atoms with E-state index in [2.05, 4.69) is 27.3 Å². The number of benzene rings is 1. The highest BCUT2D eigenvalue weighted by molar-refractivity contribution is 5.84. The zero-order valence-corrected chi connectivity index (χ0v) is 14.5. The first-order chi connectivity index (χ1) is 12.2. The van der Waals surface area contributed by atoms with Gasteiger partial charge in [-0.2, -0.15) is 0 Å². The predicted molar refractivity (Wildman–Crippen MR) is 95.9 cm³/mol. The number of fused-ring (bicyclic) bond motifs is 1. The van der Waals surface area contributed by atoms with Gasteiger partial charge >= 0.3 is 0 Å². The minimum Gasteiger partial charge on any atom is -0.361 e. The first-order valence-electron chi connectivity index (χ1n) is 8.92. The fourth-order valence-electron chi connectivity index (χ4n) is 3.82.